The highest BCUT2D eigenvalue weighted by Gasteiger charge is 2.44. The first-order valence-electron chi connectivity index (χ1n) is 6.66. The third-order valence-corrected chi connectivity index (χ3v) is 3.96. The molecule has 1 aromatic rings. The van der Waals surface area contributed by atoms with E-state index in [0.717, 1.165) is 25.7 Å². The van der Waals surface area contributed by atoms with Crippen molar-refractivity contribution in [2.45, 2.75) is 37.6 Å². The van der Waals surface area contributed by atoms with E-state index in [4.69, 9.17) is 5.73 Å². The van der Waals surface area contributed by atoms with Crippen molar-refractivity contribution in [1.29, 1.82) is 0 Å². The number of hydrogen-bond donors (Lipinski definition) is 2. The topological polar surface area (TPSA) is 80.4 Å². The van der Waals surface area contributed by atoms with Crippen LogP contribution in [-0.4, -0.2) is 16.9 Å². The van der Waals surface area contributed by atoms with E-state index in [1.165, 1.54) is 0 Å². The van der Waals surface area contributed by atoms with Crippen LogP contribution in [0.1, 0.15) is 37.7 Å². The third-order valence-electron chi connectivity index (χ3n) is 3.96. The van der Waals surface area contributed by atoms with Gasteiger partial charge >= 0.3 is 5.97 Å². The second-order valence-electron chi connectivity index (χ2n) is 5.26. The predicted octanol–water partition coefficient (Wildman–Crippen LogP) is 2.07. The van der Waals surface area contributed by atoms with E-state index in [1.54, 1.807) is 30.3 Å². The zero-order valence-corrected chi connectivity index (χ0v) is 10.8. The lowest BCUT2D eigenvalue weighted by molar-refractivity contribution is -0.149. The molecule has 4 nitrogen and oxygen atoms in total. The van der Waals surface area contributed by atoms with Crippen LogP contribution in [0.15, 0.2) is 30.3 Å². The maximum absolute atomic E-state index is 12.4. The van der Waals surface area contributed by atoms with Gasteiger partial charge in [-0.3, -0.25) is 4.79 Å². The molecule has 1 aromatic carbocycles. The Hall–Kier alpha value is -1.68. The molecule has 1 aliphatic carbocycles. The number of carbonyl (C=O) groups is 2. The molecule has 1 atom stereocenters. The highest BCUT2D eigenvalue weighted by molar-refractivity contribution is 6.08. The van der Waals surface area contributed by atoms with E-state index in [9.17, 15) is 14.7 Å². The number of ketones is 1. The zero-order chi connectivity index (χ0) is 13.9. The Labute approximate surface area is 112 Å². The highest BCUT2D eigenvalue weighted by atomic mass is 16.4. The van der Waals surface area contributed by atoms with Crippen LogP contribution in [-0.2, 0) is 15.1 Å². The fourth-order valence-corrected chi connectivity index (χ4v) is 2.74. The van der Waals surface area contributed by atoms with E-state index in [2.05, 4.69) is 0 Å². The Bertz CT molecular complexity index is 466. The van der Waals surface area contributed by atoms with Gasteiger partial charge in [0.1, 0.15) is 0 Å². The molecule has 102 valence electrons. The van der Waals surface area contributed by atoms with Crippen LogP contribution in [0.4, 0.5) is 0 Å². The third kappa shape index (κ3) is 2.68. The molecule has 0 aromatic heterocycles. The van der Waals surface area contributed by atoms with Gasteiger partial charge in [0.2, 0.25) is 0 Å². The quantitative estimate of drug-likeness (QED) is 0.795. The SMILES string of the molecule is N[C@@](C(=O)O)(C(=O)CC1CCCC1)c1ccccc1. The highest BCUT2D eigenvalue weighted by Crippen LogP contribution is 2.31. The Morgan fingerprint density at radius 3 is 2.32 bits per heavy atom. The Morgan fingerprint density at radius 2 is 1.79 bits per heavy atom. The molecule has 0 radical (unpaired) electrons. The molecule has 0 saturated heterocycles. The first-order valence-corrected chi connectivity index (χ1v) is 6.66. The van der Waals surface area contributed by atoms with Gasteiger partial charge in [0.15, 0.2) is 11.3 Å². The van der Waals surface area contributed by atoms with Crippen LogP contribution < -0.4 is 5.73 Å². The average molecular weight is 261 g/mol. The summed E-state index contributed by atoms with van der Waals surface area (Å²) in [5.74, 6) is -1.38. The fraction of sp³-hybridized carbons (Fsp3) is 0.467. The first-order chi connectivity index (χ1) is 9.05. The van der Waals surface area contributed by atoms with Crippen molar-refractivity contribution in [1.82, 2.24) is 0 Å². The Balaban J connectivity index is 2.23. The summed E-state index contributed by atoms with van der Waals surface area (Å²) in [6.07, 6.45) is 4.49. The lowest BCUT2D eigenvalue weighted by atomic mass is 9.82. The monoisotopic (exact) mass is 261 g/mol. The van der Waals surface area contributed by atoms with E-state index in [0.29, 0.717) is 11.5 Å². The molecular formula is C15H19NO3. The minimum atomic E-state index is -1.91. The molecule has 0 amide bonds. The number of carboxylic acid groups (broad SMARTS) is 1. The van der Waals surface area contributed by atoms with E-state index in [-0.39, 0.29) is 6.42 Å². The number of nitrogens with two attached hydrogens (primary N) is 1. The van der Waals surface area contributed by atoms with E-state index < -0.39 is 17.3 Å². The zero-order valence-electron chi connectivity index (χ0n) is 10.8. The number of carbonyl (C=O) groups excluding carboxylic acids is 1. The second-order valence-corrected chi connectivity index (χ2v) is 5.26. The number of hydrogen-bond acceptors (Lipinski definition) is 3. The van der Waals surface area contributed by atoms with Crippen molar-refractivity contribution >= 4 is 11.8 Å². The smallest absolute Gasteiger partial charge is 0.336 e. The van der Waals surface area contributed by atoms with Crippen LogP contribution in [0.25, 0.3) is 0 Å². The molecule has 2 rings (SSSR count). The number of Topliss-reactive ketones (excluding diaryl/α,β-unsaturated/α-hetero) is 1. The minimum Gasteiger partial charge on any atom is -0.479 e. The molecule has 0 spiro atoms. The van der Waals surface area contributed by atoms with Gasteiger partial charge in [-0.05, 0) is 11.5 Å². The lowest BCUT2D eigenvalue weighted by Gasteiger charge is -2.25. The van der Waals surface area contributed by atoms with E-state index >= 15 is 0 Å². The van der Waals surface area contributed by atoms with Crippen LogP contribution in [0, 0.1) is 5.92 Å². The van der Waals surface area contributed by atoms with Crippen LogP contribution in [0.3, 0.4) is 0 Å². The average Bonchev–Trinajstić information content (AvgIpc) is 2.91. The summed E-state index contributed by atoms with van der Waals surface area (Å²) in [5.41, 5.74) is 4.37. The second kappa shape index (κ2) is 5.53. The summed E-state index contributed by atoms with van der Waals surface area (Å²) in [6, 6.07) is 8.36. The summed E-state index contributed by atoms with van der Waals surface area (Å²) in [5, 5.41) is 9.38. The molecule has 0 bridgehead atoms. The van der Waals surface area contributed by atoms with Crippen molar-refractivity contribution < 1.29 is 14.7 Å². The number of aliphatic carboxylic acids is 1. The normalized spacial score (nSPS) is 19.0. The van der Waals surface area contributed by atoms with Crippen molar-refractivity contribution in [2.75, 3.05) is 0 Å². The summed E-state index contributed by atoms with van der Waals surface area (Å²) >= 11 is 0. The molecule has 3 N–H and O–H groups in total. The van der Waals surface area contributed by atoms with Gasteiger partial charge in [0.25, 0.3) is 0 Å². The van der Waals surface area contributed by atoms with Crippen molar-refractivity contribution in [2.24, 2.45) is 11.7 Å². The van der Waals surface area contributed by atoms with Crippen LogP contribution in [0.2, 0.25) is 0 Å². The summed E-state index contributed by atoms with van der Waals surface area (Å²) in [6.45, 7) is 0. The lowest BCUT2D eigenvalue weighted by Crippen LogP contribution is -2.52. The maximum Gasteiger partial charge on any atom is 0.336 e. The standard InChI is InChI=1S/C15H19NO3/c16-15(14(18)19,12-8-2-1-3-9-12)13(17)10-11-6-4-5-7-11/h1-3,8-9,11H,4-7,10,16H2,(H,18,19)/t15-/m1/s1. The summed E-state index contributed by atoms with van der Waals surface area (Å²) in [4.78, 5) is 23.8. The van der Waals surface area contributed by atoms with Crippen molar-refractivity contribution in [3.05, 3.63) is 35.9 Å². The number of carboxylic acids is 1. The molecule has 19 heavy (non-hydrogen) atoms. The van der Waals surface area contributed by atoms with Gasteiger partial charge in [-0.1, -0.05) is 56.0 Å². The molecule has 0 unspecified atom stereocenters. The molecule has 1 saturated carbocycles. The minimum absolute atomic E-state index is 0.262. The van der Waals surface area contributed by atoms with Crippen LogP contribution in [0.5, 0.6) is 0 Å². The number of rotatable bonds is 5. The molecule has 1 fully saturated rings. The van der Waals surface area contributed by atoms with Gasteiger partial charge in [0.05, 0.1) is 0 Å². The molecule has 1 aliphatic rings. The van der Waals surface area contributed by atoms with Crippen molar-refractivity contribution in [3.63, 3.8) is 0 Å². The van der Waals surface area contributed by atoms with Crippen molar-refractivity contribution in [3.8, 4) is 0 Å². The molecule has 4 heteroatoms. The summed E-state index contributed by atoms with van der Waals surface area (Å²) < 4.78 is 0. The fourth-order valence-electron chi connectivity index (χ4n) is 2.74. The molecular weight excluding hydrogens is 242 g/mol. The number of benzene rings is 1. The van der Waals surface area contributed by atoms with Gasteiger partial charge in [-0.25, -0.2) is 4.79 Å². The predicted molar refractivity (Wildman–Crippen MR) is 71.5 cm³/mol. The van der Waals surface area contributed by atoms with Gasteiger partial charge in [-0.15, -0.1) is 0 Å². The maximum atomic E-state index is 12.4. The Morgan fingerprint density at radius 1 is 1.21 bits per heavy atom. The summed E-state index contributed by atoms with van der Waals surface area (Å²) in [7, 11) is 0. The van der Waals surface area contributed by atoms with Gasteiger partial charge < -0.3 is 10.8 Å². The van der Waals surface area contributed by atoms with Gasteiger partial charge in [-0.2, -0.15) is 0 Å². The van der Waals surface area contributed by atoms with Crippen LogP contribution >= 0.6 is 0 Å². The largest absolute Gasteiger partial charge is 0.479 e. The van der Waals surface area contributed by atoms with E-state index in [1.807, 2.05) is 0 Å². The van der Waals surface area contributed by atoms with Gasteiger partial charge in [0, 0.05) is 6.42 Å². The first kappa shape index (κ1) is 13.7. The molecule has 0 heterocycles. The molecule has 0 aliphatic heterocycles. The Kier molecular flexibility index (Phi) is 4.00.